The van der Waals surface area contributed by atoms with Crippen LogP contribution in [-0.4, -0.2) is 67.3 Å². The van der Waals surface area contributed by atoms with Crippen molar-refractivity contribution in [1.29, 1.82) is 0 Å². The predicted molar refractivity (Wildman–Crippen MR) is 136 cm³/mol. The molecule has 3 heterocycles. The Kier molecular flexibility index (Phi) is 6.17. The largest absolute Gasteiger partial charge is 0.372 e. The minimum atomic E-state index is -1.00. The quantitative estimate of drug-likeness (QED) is 0.422. The molecule has 1 saturated heterocycles. The number of benzene rings is 2. The van der Waals surface area contributed by atoms with Crippen LogP contribution >= 0.6 is 0 Å². The first kappa shape index (κ1) is 21.7. The van der Waals surface area contributed by atoms with E-state index in [0.29, 0.717) is 0 Å². The highest BCUT2D eigenvalue weighted by molar-refractivity contribution is 5.95. The number of aromatic amines is 1. The van der Waals surface area contributed by atoms with Crippen molar-refractivity contribution in [2.45, 2.75) is 12.2 Å². The Labute approximate surface area is 195 Å². The summed E-state index contributed by atoms with van der Waals surface area (Å²) in [4.78, 5) is 12.9. The van der Waals surface area contributed by atoms with Crippen LogP contribution in [0, 0.1) is 0 Å². The number of para-hydroxylation sites is 1. The molecule has 172 valence electrons. The summed E-state index contributed by atoms with van der Waals surface area (Å²) in [7, 11) is 2.19. The van der Waals surface area contributed by atoms with Crippen LogP contribution < -0.4 is 16.4 Å². The fourth-order valence-corrected chi connectivity index (χ4v) is 4.59. The molecule has 0 aliphatic carbocycles. The molecule has 2 aliphatic heterocycles. The SMILES string of the molecule is CN1CCN(CCCNC2=CC=NC(N)(c3cccc(-c4c[nH]c5ccccc45)c3)N2)CC1. The van der Waals surface area contributed by atoms with Gasteiger partial charge >= 0.3 is 0 Å². The molecule has 33 heavy (non-hydrogen) atoms. The van der Waals surface area contributed by atoms with Gasteiger partial charge in [-0.25, -0.2) is 4.99 Å². The number of fused-ring (bicyclic) bond motifs is 1. The second-order valence-corrected chi connectivity index (χ2v) is 9.00. The zero-order valence-corrected chi connectivity index (χ0v) is 19.2. The number of nitrogens with two attached hydrogens (primary N) is 1. The molecule has 5 rings (SSSR count). The molecule has 7 nitrogen and oxygen atoms in total. The number of piperazine rings is 1. The lowest BCUT2D eigenvalue weighted by Crippen LogP contribution is -2.52. The molecule has 1 atom stereocenters. The van der Waals surface area contributed by atoms with Gasteiger partial charge < -0.3 is 25.4 Å². The molecule has 1 fully saturated rings. The van der Waals surface area contributed by atoms with Crippen LogP contribution in [0.15, 0.2) is 71.6 Å². The zero-order valence-electron chi connectivity index (χ0n) is 19.2. The van der Waals surface area contributed by atoms with E-state index in [0.717, 1.165) is 73.7 Å². The first-order valence-corrected chi connectivity index (χ1v) is 11.8. The van der Waals surface area contributed by atoms with E-state index in [2.05, 4.69) is 74.0 Å². The Morgan fingerprint density at radius 2 is 1.94 bits per heavy atom. The number of hydrogen-bond acceptors (Lipinski definition) is 6. The standard InChI is InChI=1S/C26H33N7/c1-32-14-16-33(17-15-32)13-5-11-28-25-10-12-30-26(27,31-25)21-7-4-6-20(18-21)23-19-29-24-9-3-2-8-22(23)24/h2-4,6-10,12,18-19,28-29,31H,5,11,13-17,27H2,1H3. The van der Waals surface area contributed by atoms with E-state index in [1.807, 2.05) is 24.3 Å². The molecular weight excluding hydrogens is 410 g/mol. The van der Waals surface area contributed by atoms with E-state index >= 15 is 0 Å². The van der Waals surface area contributed by atoms with Crippen molar-refractivity contribution in [2.75, 3.05) is 46.3 Å². The summed E-state index contributed by atoms with van der Waals surface area (Å²) in [6, 6.07) is 16.6. The van der Waals surface area contributed by atoms with Crippen LogP contribution in [-0.2, 0) is 5.79 Å². The molecule has 0 saturated carbocycles. The van der Waals surface area contributed by atoms with Gasteiger partial charge in [-0.3, -0.25) is 5.73 Å². The van der Waals surface area contributed by atoms with Crippen LogP contribution in [0.4, 0.5) is 0 Å². The number of aliphatic imine (C=N–C) groups is 1. The van der Waals surface area contributed by atoms with E-state index < -0.39 is 5.79 Å². The molecule has 7 heteroatoms. The second kappa shape index (κ2) is 9.39. The third-order valence-electron chi connectivity index (χ3n) is 6.61. The lowest BCUT2D eigenvalue weighted by molar-refractivity contribution is 0.153. The fourth-order valence-electron chi connectivity index (χ4n) is 4.59. The van der Waals surface area contributed by atoms with Crippen molar-refractivity contribution in [1.82, 2.24) is 25.4 Å². The maximum Gasteiger partial charge on any atom is 0.210 e. The minimum absolute atomic E-state index is 0.893. The summed E-state index contributed by atoms with van der Waals surface area (Å²) < 4.78 is 0. The summed E-state index contributed by atoms with van der Waals surface area (Å²) in [6.45, 7) is 6.63. The van der Waals surface area contributed by atoms with Crippen LogP contribution in [0.5, 0.6) is 0 Å². The molecular formula is C26H33N7. The highest BCUT2D eigenvalue weighted by Gasteiger charge is 2.29. The van der Waals surface area contributed by atoms with E-state index in [9.17, 15) is 0 Å². The lowest BCUT2D eigenvalue weighted by Gasteiger charge is -2.33. The maximum atomic E-state index is 6.73. The Morgan fingerprint density at radius 1 is 1.09 bits per heavy atom. The number of likely N-dealkylation sites (N-methyl/N-ethyl adjacent to an activating group) is 1. The number of nitrogens with zero attached hydrogens (tertiary/aromatic N) is 3. The highest BCUT2D eigenvalue weighted by atomic mass is 15.3. The molecule has 1 unspecified atom stereocenters. The third kappa shape index (κ3) is 4.80. The van der Waals surface area contributed by atoms with Gasteiger partial charge in [0.25, 0.3) is 0 Å². The third-order valence-corrected chi connectivity index (χ3v) is 6.61. The molecule has 2 aromatic carbocycles. The van der Waals surface area contributed by atoms with E-state index in [4.69, 9.17) is 5.73 Å². The average Bonchev–Trinajstić information content (AvgIpc) is 3.28. The van der Waals surface area contributed by atoms with Crippen molar-refractivity contribution in [3.63, 3.8) is 0 Å². The van der Waals surface area contributed by atoms with Crippen molar-refractivity contribution in [2.24, 2.45) is 10.7 Å². The van der Waals surface area contributed by atoms with Gasteiger partial charge in [0.05, 0.1) is 0 Å². The Hall–Kier alpha value is -3.13. The van der Waals surface area contributed by atoms with Crippen LogP contribution in [0.25, 0.3) is 22.0 Å². The first-order valence-electron chi connectivity index (χ1n) is 11.8. The molecule has 2 aliphatic rings. The summed E-state index contributed by atoms with van der Waals surface area (Å²) in [5.41, 5.74) is 11.1. The summed E-state index contributed by atoms with van der Waals surface area (Å²) in [6.07, 6.45) is 6.88. The van der Waals surface area contributed by atoms with E-state index in [-0.39, 0.29) is 0 Å². The van der Waals surface area contributed by atoms with Gasteiger partial charge in [-0.15, -0.1) is 0 Å². The van der Waals surface area contributed by atoms with Crippen molar-refractivity contribution in [3.05, 3.63) is 72.2 Å². The van der Waals surface area contributed by atoms with Crippen LogP contribution in [0.1, 0.15) is 12.0 Å². The van der Waals surface area contributed by atoms with E-state index in [1.54, 1.807) is 6.21 Å². The number of rotatable bonds is 7. The Bertz CT molecular complexity index is 1160. The monoisotopic (exact) mass is 443 g/mol. The summed E-state index contributed by atoms with van der Waals surface area (Å²) in [5, 5.41) is 8.10. The molecule has 0 bridgehead atoms. The van der Waals surface area contributed by atoms with Gasteiger partial charge in [-0.2, -0.15) is 0 Å². The topological polar surface area (TPSA) is 84.7 Å². The summed E-state index contributed by atoms with van der Waals surface area (Å²) in [5.74, 6) is -0.0974. The second-order valence-electron chi connectivity index (χ2n) is 9.00. The minimum Gasteiger partial charge on any atom is -0.372 e. The van der Waals surface area contributed by atoms with Crippen LogP contribution in [0.3, 0.4) is 0 Å². The molecule has 1 aromatic heterocycles. The Balaban J connectivity index is 1.22. The number of allylic oxidation sites excluding steroid dienone is 1. The zero-order chi connectivity index (χ0) is 22.7. The molecule has 3 aromatic rings. The van der Waals surface area contributed by atoms with Crippen molar-refractivity contribution < 1.29 is 0 Å². The first-order chi connectivity index (χ1) is 16.1. The highest BCUT2D eigenvalue weighted by Crippen LogP contribution is 2.31. The normalized spacial score (nSPS) is 21.7. The van der Waals surface area contributed by atoms with Gasteiger partial charge in [-0.05, 0) is 43.8 Å². The van der Waals surface area contributed by atoms with Crippen LogP contribution in [0.2, 0.25) is 0 Å². The smallest absolute Gasteiger partial charge is 0.210 e. The average molecular weight is 444 g/mol. The maximum absolute atomic E-state index is 6.73. The van der Waals surface area contributed by atoms with E-state index in [1.165, 1.54) is 5.39 Å². The fraction of sp³-hybridized carbons (Fsp3) is 0.346. The van der Waals surface area contributed by atoms with Crippen molar-refractivity contribution >= 4 is 17.1 Å². The van der Waals surface area contributed by atoms with Gasteiger partial charge in [0.15, 0.2) is 0 Å². The van der Waals surface area contributed by atoms with Gasteiger partial charge in [-0.1, -0.05) is 36.4 Å². The van der Waals surface area contributed by atoms with Crippen molar-refractivity contribution in [3.8, 4) is 11.1 Å². The number of nitrogens with one attached hydrogen (secondary N) is 3. The van der Waals surface area contributed by atoms with Gasteiger partial charge in [0.1, 0.15) is 5.82 Å². The molecule has 0 radical (unpaired) electrons. The Morgan fingerprint density at radius 3 is 2.82 bits per heavy atom. The molecule has 5 N–H and O–H groups in total. The number of aromatic nitrogens is 1. The van der Waals surface area contributed by atoms with Gasteiger partial charge in [0.2, 0.25) is 5.79 Å². The number of H-pyrrole nitrogens is 1. The lowest BCUT2D eigenvalue weighted by atomic mass is 9.99. The predicted octanol–water partition coefficient (Wildman–Crippen LogP) is 2.65. The molecule has 0 spiro atoms. The van der Waals surface area contributed by atoms with Gasteiger partial charge in [0, 0.05) is 67.2 Å². The molecule has 0 amide bonds. The number of hydrogen-bond donors (Lipinski definition) is 4. The summed E-state index contributed by atoms with van der Waals surface area (Å²) >= 11 is 0.